The smallest absolute Gasteiger partial charge is 0.119 e. The molecule has 0 aliphatic carbocycles. The van der Waals surface area contributed by atoms with Crippen LogP contribution in [0.3, 0.4) is 0 Å². The molecule has 0 saturated carbocycles. The lowest BCUT2D eigenvalue weighted by molar-refractivity contribution is 0.304. The fourth-order valence-electron chi connectivity index (χ4n) is 3.14. The van der Waals surface area contributed by atoms with Gasteiger partial charge in [0.1, 0.15) is 18.1 Å². The maximum absolute atomic E-state index is 5.84. The molecule has 0 bridgehead atoms. The van der Waals surface area contributed by atoms with Gasteiger partial charge in [0, 0.05) is 11.1 Å². The first-order valence-corrected chi connectivity index (χ1v) is 11.9. The van der Waals surface area contributed by atoms with Gasteiger partial charge >= 0.3 is 0 Å². The molecule has 0 saturated heterocycles. The van der Waals surface area contributed by atoms with E-state index in [9.17, 15) is 0 Å². The van der Waals surface area contributed by atoms with E-state index in [2.05, 4.69) is 37.8 Å². The van der Waals surface area contributed by atoms with Crippen molar-refractivity contribution in [2.24, 2.45) is 0 Å². The van der Waals surface area contributed by atoms with Crippen molar-refractivity contribution in [3.63, 3.8) is 0 Å². The molecule has 0 amide bonds. The van der Waals surface area contributed by atoms with E-state index in [4.69, 9.17) is 9.47 Å². The van der Waals surface area contributed by atoms with Crippen LogP contribution in [0, 0.1) is 11.8 Å². The fraction of sp³-hybridized carbons (Fsp3) is 0.448. The molecule has 166 valence electrons. The van der Waals surface area contributed by atoms with Gasteiger partial charge in [0.25, 0.3) is 0 Å². The Morgan fingerprint density at radius 3 is 1.77 bits per heavy atom. The monoisotopic (exact) mass is 418 g/mol. The number of benzene rings is 2. The molecule has 0 radical (unpaired) electrons. The average molecular weight is 419 g/mol. The van der Waals surface area contributed by atoms with E-state index in [1.54, 1.807) is 0 Å². The van der Waals surface area contributed by atoms with Crippen molar-refractivity contribution in [2.45, 2.75) is 71.6 Å². The quantitative estimate of drug-likeness (QED) is 0.176. The van der Waals surface area contributed by atoms with Crippen molar-refractivity contribution in [3.8, 4) is 23.3 Å². The van der Waals surface area contributed by atoms with Gasteiger partial charge in [0.15, 0.2) is 0 Å². The highest BCUT2D eigenvalue weighted by molar-refractivity contribution is 5.45. The molecule has 2 nitrogen and oxygen atoms in total. The normalized spacial score (nSPS) is 10.6. The molecule has 0 fully saturated rings. The first-order valence-electron chi connectivity index (χ1n) is 11.9. The van der Waals surface area contributed by atoms with Crippen molar-refractivity contribution >= 4 is 0 Å². The molecule has 0 N–H and O–H groups in total. The van der Waals surface area contributed by atoms with Gasteiger partial charge < -0.3 is 9.47 Å². The lowest BCUT2D eigenvalue weighted by Crippen LogP contribution is -1.97. The zero-order valence-corrected chi connectivity index (χ0v) is 19.4. The summed E-state index contributed by atoms with van der Waals surface area (Å²) in [5.41, 5.74) is 1.97. The standard InChI is InChI=1S/C29H38O2/c1-3-5-7-9-11-13-25-31-29-22-18-27(19-23-29)15-14-26-16-20-28(21-17-26)30-24-12-10-8-6-4-2/h10,12,16-23H,3-9,11,13,24-25H2,1-2H3. The zero-order valence-electron chi connectivity index (χ0n) is 19.4. The Bertz CT molecular complexity index is 791. The molecule has 0 aliphatic rings. The SMILES string of the molecule is CCCCC=CCOc1ccc(C#Cc2ccc(OCCCCCCCC)cc2)cc1. The van der Waals surface area contributed by atoms with Gasteiger partial charge in [-0.15, -0.1) is 0 Å². The third-order valence-corrected chi connectivity index (χ3v) is 5.06. The number of rotatable bonds is 14. The molecule has 2 heteroatoms. The highest BCUT2D eigenvalue weighted by atomic mass is 16.5. The second kappa shape index (κ2) is 16.1. The minimum absolute atomic E-state index is 0.613. The maximum atomic E-state index is 5.84. The molecule has 0 heterocycles. The molecule has 2 rings (SSSR count). The summed E-state index contributed by atoms with van der Waals surface area (Å²) in [6.07, 6.45) is 15.5. The summed E-state index contributed by atoms with van der Waals surface area (Å²) in [5, 5.41) is 0. The lowest BCUT2D eigenvalue weighted by atomic mass is 10.1. The summed E-state index contributed by atoms with van der Waals surface area (Å²) in [6, 6.07) is 16.0. The van der Waals surface area contributed by atoms with Crippen LogP contribution in [0.1, 0.15) is 82.8 Å². The van der Waals surface area contributed by atoms with Gasteiger partial charge in [-0.2, -0.15) is 0 Å². The molecular weight excluding hydrogens is 380 g/mol. The summed E-state index contributed by atoms with van der Waals surface area (Å²) in [7, 11) is 0. The van der Waals surface area contributed by atoms with Crippen LogP contribution in [-0.4, -0.2) is 13.2 Å². The molecule has 2 aromatic rings. The molecule has 0 unspecified atom stereocenters. The van der Waals surface area contributed by atoms with Crippen molar-refractivity contribution in [1.82, 2.24) is 0 Å². The summed E-state index contributed by atoms with van der Waals surface area (Å²) in [6.45, 7) is 5.86. The number of hydrogen-bond donors (Lipinski definition) is 0. The predicted molar refractivity (Wildman–Crippen MR) is 132 cm³/mol. The van der Waals surface area contributed by atoms with Gasteiger partial charge in [-0.25, -0.2) is 0 Å². The highest BCUT2D eigenvalue weighted by Crippen LogP contribution is 2.14. The third-order valence-electron chi connectivity index (χ3n) is 5.06. The van der Waals surface area contributed by atoms with E-state index in [1.807, 2.05) is 48.5 Å². The Hall–Kier alpha value is -2.66. The maximum Gasteiger partial charge on any atom is 0.119 e. The number of allylic oxidation sites excluding steroid dienone is 1. The molecule has 0 aromatic heterocycles. The first kappa shape index (κ1) is 24.6. The number of ether oxygens (including phenoxy) is 2. The first-order chi connectivity index (χ1) is 15.3. The van der Waals surface area contributed by atoms with Gasteiger partial charge in [0.2, 0.25) is 0 Å². The fourth-order valence-corrected chi connectivity index (χ4v) is 3.14. The van der Waals surface area contributed by atoms with Crippen molar-refractivity contribution < 1.29 is 9.47 Å². The van der Waals surface area contributed by atoms with Crippen LogP contribution in [0.15, 0.2) is 60.7 Å². The van der Waals surface area contributed by atoms with Gasteiger partial charge in [-0.3, -0.25) is 0 Å². The van der Waals surface area contributed by atoms with E-state index in [1.165, 1.54) is 44.9 Å². The Morgan fingerprint density at radius 2 is 1.16 bits per heavy atom. The van der Waals surface area contributed by atoms with Crippen LogP contribution in [0.5, 0.6) is 11.5 Å². The Balaban J connectivity index is 1.71. The number of hydrogen-bond acceptors (Lipinski definition) is 2. The molecule has 0 atom stereocenters. The zero-order chi connectivity index (χ0) is 22.0. The second-order valence-electron chi connectivity index (χ2n) is 7.84. The summed E-state index contributed by atoms with van der Waals surface area (Å²) >= 11 is 0. The van der Waals surface area contributed by atoms with Crippen molar-refractivity contribution in [2.75, 3.05) is 13.2 Å². The van der Waals surface area contributed by atoms with E-state index < -0.39 is 0 Å². The molecule has 0 spiro atoms. The summed E-state index contributed by atoms with van der Waals surface area (Å²) < 4.78 is 11.6. The van der Waals surface area contributed by atoms with Crippen LogP contribution in [0.2, 0.25) is 0 Å². The Morgan fingerprint density at radius 1 is 0.613 bits per heavy atom. The number of unbranched alkanes of at least 4 members (excludes halogenated alkanes) is 7. The molecular formula is C29H38O2. The Labute approximate surface area is 189 Å². The largest absolute Gasteiger partial charge is 0.494 e. The summed E-state index contributed by atoms with van der Waals surface area (Å²) in [4.78, 5) is 0. The van der Waals surface area contributed by atoms with E-state index in [0.717, 1.165) is 42.1 Å². The molecule has 31 heavy (non-hydrogen) atoms. The summed E-state index contributed by atoms with van der Waals surface area (Å²) in [5.74, 6) is 8.23. The third kappa shape index (κ3) is 11.3. The molecule has 0 aliphatic heterocycles. The van der Waals surface area contributed by atoms with E-state index >= 15 is 0 Å². The average Bonchev–Trinajstić information content (AvgIpc) is 2.81. The minimum atomic E-state index is 0.613. The minimum Gasteiger partial charge on any atom is -0.494 e. The topological polar surface area (TPSA) is 18.5 Å². The van der Waals surface area contributed by atoms with Gasteiger partial charge in [-0.05, 0) is 61.4 Å². The second-order valence-corrected chi connectivity index (χ2v) is 7.84. The van der Waals surface area contributed by atoms with Crippen molar-refractivity contribution in [3.05, 3.63) is 71.8 Å². The lowest BCUT2D eigenvalue weighted by Gasteiger charge is -2.06. The van der Waals surface area contributed by atoms with Crippen LogP contribution in [-0.2, 0) is 0 Å². The van der Waals surface area contributed by atoms with Gasteiger partial charge in [-0.1, -0.05) is 82.8 Å². The highest BCUT2D eigenvalue weighted by Gasteiger charge is 1.96. The van der Waals surface area contributed by atoms with Gasteiger partial charge in [0.05, 0.1) is 6.61 Å². The van der Waals surface area contributed by atoms with E-state index in [-0.39, 0.29) is 0 Å². The predicted octanol–water partition coefficient (Wildman–Crippen LogP) is 7.95. The van der Waals surface area contributed by atoms with Crippen LogP contribution in [0.25, 0.3) is 0 Å². The van der Waals surface area contributed by atoms with Crippen LogP contribution < -0.4 is 9.47 Å². The van der Waals surface area contributed by atoms with Crippen LogP contribution in [0.4, 0.5) is 0 Å². The Kier molecular flexibility index (Phi) is 12.8. The van der Waals surface area contributed by atoms with Crippen LogP contribution >= 0.6 is 0 Å². The van der Waals surface area contributed by atoms with E-state index in [0.29, 0.717) is 6.61 Å². The molecule has 2 aromatic carbocycles. The van der Waals surface area contributed by atoms with Crippen molar-refractivity contribution in [1.29, 1.82) is 0 Å².